The Hall–Kier alpha value is -1.91. The van der Waals surface area contributed by atoms with Crippen molar-refractivity contribution in [2.24, 2.45) is 0 Å². The third-order valence-corrected chi connectivity index (χ3v) is 3.22. The summed E-state index contributed by atoms with van der Waals surface area (Å²) in [5.74, 6) is 1.53. The van der Waals surface area contributed by atoms with Gasteiger partial charge in [-0.05, 0) is 50.8 Å². The number of urea groups is 1. The topological polar surface area (TPSA) is 59.6 Å². The molecule has 0 saturated heterocycles. The van der Waals surface area contributed by atoms with Gasteiger partial charge in [0.25, 0.3) is 0 Å². The van der Waals surface area contributed by atoms with Crippen LogP contribution in [-0.2, 0) is 6.42 Å². The van der Waals surface area contributed by atoms with Gasteiger partial charge in [-0.2, -0.15) is 0 Å². The highest BCUT2D eigenvalue weighted by Gasteiger charge is 2.22. The number of nitrogens with one attached hydrogen (secondary N) is 2. The van der Waals surface area contributed by atoms with Gasteiger partial charge in [-0.25, -0.2) is 4.79 Å². The van der Waals surface area contributed by atoms with E-state index in [4.69, 9.17) is 9.47 Å². The molecule has 2 N–H and O–H groups in total. The van der Waals surface area contributed by atoms with Crippen LogP contribution in [0.25, 0.3) is 0 Å². The second-order valence-electron chi connectivity index (χ2n) is 5.07. The van der Waals surface area contributed by atoms with E-state index in [0.717, 1.165) is 36.3 Å². The molecular weight excluding hydrogens is 268 g/mol. The highest BCUT2D eigenvalue weighted by atomic mass is 16.5. The second-order valence-corrected chi connectivity index (χ2v) is 5.07. The maximum absolute atomic E-state index is 11.5. The Morgan fingerprint density at radius 3 is 2.57 bits per heavy atom. The number of hydrogen-bond acceptors (Lipinski definition) is 3. The van der Waals surface area contributed by atoms with E-state index in [0.29, 0.717) is 25.8 Å². The lowest BCUT2D eigenvalue weighted by Gasteiger charge is -2.12. The van der Waals surface area contributed by atoms with Gasteiger partial charge in [-0.3, -0.25) is 0 Å². The van der Waals surface area contributed by atoms with Crippen molar-refractivity contribution in [3.63, 3.8) is 0 Å². The van der Waals surface area contributed by atoms with Crippen LogP contribution in [0.2, 0.25) is 0 Å². The maximum Gasteiger partial charge on any atom is 0.315 e. The normalized spacial score (nSPS) is 13.6. The number of rotatable bonds is 8. The molecule has 1 fully saturated rings. The predicted octanol–water partition coefficient (Wildman–Crippen LogP) is 2.49. The van der Waals surface area contributed by atoms with E-state index in [9.17, 15) is 4.79 Å². The molecule has 0 bridgehead atoms. The smallest absolute Gasteiger partial charge is 0.315 e. The van der Waals surface area contributed by atoms with Crippen LogP contribution >= 0.6 is 0 Å². The summed E-state index contributed by atoms with van der Waals surface area (Å²) in [7, 11) is 0. The van der Waals surface area contributed by atoms with Crippen molar-refractivity contribution >= 4 is 6.03 Å². The highest BCUT2D eigenvalue weighted by Crippen LogP contribution is 2.28. The summed E-state index contributed by atoms with van der Waals surface area (Å²) in [5.41, 5.74) is 1.12. The van der Waals surface area contributed by atoms with Gasteiger partial charge in [0.05, 0.1) is 13.2 Å². The van der Waals surface area contributed by atoms with E-state index in [1.807, 2.05) is 32.0 Å². The SMILES string of the molecule is CCOc1ccc(CCNC(=O)NC2CC2)cc1OCC. The molecule has 116 valence electrons. The van der Waals surface area contributed by atoms with Crippen LogP contribution in [-0.4, -0.2) is 31.8 Å². The molecule has 0 unspecified atom stereocenters. The molecule has 2 rings (SSSR count). The van der Waals surface area contributed by atoms with E-state index in [1.165, 1.54) is 0 Å². The lowest BCUT2D eigenvalue weighted by atomic mass is 10.1. The van der Waals surface area contributed by atoms with Crippen molar-refractivity contribution in [3.8, 4) is 11.5 Å². The average molecular weight is 292 g/mol. The van der Waals surface area contributed by atoms with Gasteiger partial charge in [0.1, 0.15) is 0 Å². The molecular formula is C16H24N2O3. The maximum atomic E-state index is 11.5. The summed E-state index contributed by atoms with van der Waals surface area (Å²) in [4.78, 5) is 11.5. The Bertz CT molecular complexity index is 473. The molecule has 1 aliphatic carbocycles. The van der Waals surface area contributed by atoms with Crippen molar-refractivity contribution in [2.45, 2.75) is 39.2 Å². The van der Waals surface area contributed by atoms with E-state index in [-0.39, 0.29) is 6.03 Å². The number of carbonyl (C=O) groups excluding carboxylic acids is 1. The molecule has 0 spiro atoms. The summed E-state index contributed by atoms with van der Waals surface area (Å²) < 4.78 is 11.1. The minimum Gasteiger partial charge on any atom is -0.490 e. The summed E-state index contributed by atoms with van der Waals surface area (Å²) >= 11 is 0. The molecule has 1 aliphatic rings. The van der Waals surface area contributed by atoms with E-state index >= 15 is 0 Å². The average Bonchev–Trinajstić information content (AvgIpc) is 3.26. The Morgan fingerprint density at radius 2 is 1.90 bits per heavy atom. The van der Waals surface area contributed by atoms with Crippen LogP contribution in [0.4, 0.5) is 4.79 Å². The number of ether oxygens (including phenoxy) is 2. The minimum atomic E-state index is -0.0755. The summed E-state index contributed by atoms with van der Waals surface area (Å²) in [6.45, 7) is 5.73. The fraction of sp³-hybridized carbons (Fsp3) is 0.562. The van der Waals surface area contributed by atoms with Crippen LogP contribution < -0.4 is 20.1 Å². The number of amides is 2. The molecule has 2 amide bonds. The van der Waals surface area contributed by atoms with Crippen molar-refractivity contribution in [1.82, 2.24) is 10.6 Å². The third-order valence-electron chi connectivity index (χ3n) is 3.22. The number of benzene rings is 1. The molecule has 5 heteroatoms. The summed E-state index contributed by atoms with van der Waals surface area (Å²) in [5, 5.41) is 5.77. The van der Waals surface area contributed by atoms with Gasteiger partial charge in [-0.15, -0.1) is 0 Å². The molecule has 0 atom stereocenters. The first-order valence-electron chi connectivity index (χ1n) is 7.65. The molecule has 0 aliphatic heterocycles. The number of hydrogen-bond donors (Lipinski definition) is 2. The quantitative estimate of drug-likeness (QED) is 0.774. The van der Waals surface area contributed by atoms with E-state index in [1.54, 1.807) is 0 Å². The summed E-state index contributed by atoms with van der Waals surface area (Å²) in [6, 6.07) is 6.23. The first-order chi connectivity index (χ1) is 10.2. The zero-order chi connectivity index (χ0) is 15.1. The predicted molar refractivity (Wildman–Crippen MR) is 82.0 cm³/mol. The fourth-order valence-corrected chi connectivity index (χ4v) is 2.04. The first kappa shape index (κ1) is 15.5. The largest absolute Gasteiger partial charge is 0.490 e. The van der Waals surface area contributed by atoms with Crippen LogP contribution in [0.15, 0.2) is 18.2 Å². The molecule has 1 aromatic carbocycles. The number of carbonyl (C=O) groups is 1. The van der Waals surface area contributed by atoms with Crippen molar-refractivity contribution in [1.29, 1.82) is 0 Å². The molecule has 0 aromatic heterocycles. The van der Waals surface area contributed by atoms with E-state index < -0.39 is 0 Å². The molecule has 5 nitrogen and oxygen atoms in total. The standard InChI is InChI=1S/C16H24N2O3/c1-3-20-14-8-5-12(11-15(14)21-4-2)9-10-17-16(19)18-13-6-7-13/h5,8,11,13H,3-4,6-7,9-10H2,1-2H3,(H2,17,18,19). The van der Waals surface area contributed by atoms with Crippen LogP contribution in [0.5, 0.6) is 11.5 Å². The second kappa shape index (κ2) is 7.76. The summed E-state index contributed by atoms with van der Waals surface area (Å²) in [6.07, 6.45) is 2.97. The zero-order valence-electron chi connectivity index (χ0n) is 12.8. The Morgan fingerprint density at radius 1 is 1.19 bits per heavy atom. The van der Waals surface area contributed by atoms with Gasteiger partial charge >= 0.3 is 6.03 Å². The highest BCUT2D eigenvalue weighted by molar-refractivity contribution is 5.74. The Labute approximate surface area is 126 Å². The molecule has 21 heavy (non-hydrogen) atoms. The monoisotopic (exact) mass is 292 g/mol. The first-order valence-corrected chi connectivity index (χ1v) is 7.65. The molecule has 0 heterocycles. The molecule has 1 saturated carbocycles. The lowest BCUT2D eigenvalue weighted by Crippen LogP contribution is -2.37. The zero-order valence-corrected chi connectivity index (χ0v) is 12.8. The van der Waals surface area contributed by atoms with Gasteiger partial charge in [0.2, 0.25) is 0 Å². The van der Waals surface area contributed by atoms with Gasteiger partial charge in [-0.1, -0.05) is 6.07 Å². The van der Waals surface area contributed by atoms with Crippen LogP contribution in [0.1, 0.15) is 32.3 Å². The molecule has 1 aromatic rings. The Balaban J connectivity index is 1.83. The third kappa shape index (κ3) is 5.17. The Kier molecular flexibility index (Phi) is 5.72. The van der Waals surface area contributed by atoms with Crippen LogP contribution in [0.3, 0.4) is 0 Å². The van der Waals surface area contributed by atoms with Crippen molar-refractivity contribution < 1.29 is 14.3 Å². The van der Waals surface area contributed by atoms with Gasteiger partial charge < -0.3 is 20.1 Å². The fourth-order valence-electron chi connectivity index (χ4n) is 2.04. The van der Waals surface area contributed by atoms with Crippen molar-refractivity contribution in [2.75, 3.05) is 19.8 Å². The van der Waals surface area contributed by atoms with Crippen LogP contribution in [0, 0.1) is 0 Å². The van der Waals surface area contributed by atoms with E-state index in [2.05, 4.69) is 10.6 Å². The van der Waals surface area contributed by atoms with Crippen molar-refractivity contribution in [3.05, 3.63) is 23.8 Å². The minimum absolute atomic E-state index is 0.0755. The van der Waals surface area contributed by atoms with Gasteiger partial charge in [0, 0.05) is 12.6 Å². The lowest BCUT2D eigenvalue weighted by molar-refractivity contribution is 0.240. The molecule has 0 radical (unpaired) electrons. The van der Waals surface area contributed by atoms with Gasteiger partial charge in [0.15, 0.2) is 11.5 Å².